The lowest BCUT2D eigenvalue weighted by molar-refractivity contribution is 0.440. The SMILES string of the molecule is Cc1cc(Oc2nccc(C(=N)N)n2)ccc1C(C)C. The van der Waals surface area contributed by atoms with Crippen molar-refractivity contribution in [1.29, 1.82) is 5.41 Å². The highest BCUT2D eigenvalue weighted by molar-refractivity contribution is 5.92. The van der Waals surface area contributed by atoms with Crippen LogP contribution in [0.3, 0.4) is 0 Å². The summed E-state index contributed by atoms with van der Waals surface area (Å²) in [5.74, 6) is 1.04. The van der Waals surface area contributed by atoms with E-state index in [9.17, 15) is 0 Å². The summed E-state index contributed by atoms with van der Waals surface area (Å²) in [5, 5.41) is 7.35. The van der Waals surface area contributed by atoms with Gasteiger partial charge in [0, 0.05) is 6.20 Å². The van der Waals surface area contributed by atoms with Gasteiger partial charge in [-0.15, -0.1) is 0 Å². The zero-order chi connectivity index (χ0) is 14.7. The molecule has 0 fully saturated rings. The summed E-state index contributed by atoms with van der Waals surface area (Å²) in [6.07, 6.45) is 1.52. The van der Waals surface area contributed by atoms with E-state index in [0.717, 1.165) is 0 Å². The maximum atomic E-state index is 7.35. The first-order chi connectivity index (χ1) is 9.47. The quantitative estimate of drug-likeness (QED) is 0.660. The van der Waals surface area contributed by atoms with Crippen LogP contribution in [0.15, 0.2) is 30.5 Å². The monoisotopic (exact) mass is 270 g/mol. The Morgan fingerprint density at radius 2 is 2.05 bits per heavy atom. The van der Waals surface area contributed by atoms with Crippen LogP contribution in [0.1, 0.15) is 36.6 Å². The van der Waals surface area contributed by atoms with Crippen LogP contribution in [-0.2, 0) is 0 Å². The van der Waals surface area contributed by atoms with Crippen molar-refractivity contribution in [3.05, 3.63) is 47.3 Å². The second-order valence-electron chi connectivity index (χ2n) is 4.91. The van der Waals surface area contributed by atoms with Gasteiger partial charge in [0.05, 0.1) is 0 Å². The molecule has 0 atom stereocenters. The van der Waals surface area contributed by atoms with Crippen molar-refractivity contribution >= 4 is 5.84 Å². The average Bonchev–Trinajstić information content (AvgIpc) is 2.38. The van der Waals surface area contributed by atoms with E-state index in [4.69, 9.17) is 15.9 Å². The largest absolute Gasteiger partial charge is 0.424 e. The van der Waals surface area contributed by atoms with Crippen LogP contribution in [0.5, 0.6) is 11.8 Å². The fourth-order valence-electron chi connectivity index (χ4n) is 2.00. The second kappa shape index (κ2) is 5.69. The third-order valence-corrected chi connectivity index (χ3v) is 2.98. The third-order valence-electron chi connectivity index (χ3n) is 2.98. The lowest BCUT2D eigenvalue weighted by Gasteiger charge is -2.11. The Labute approximate surface area is 118 Å². The highest BCUT2D eigenvalue weighted by atomic mass is 16.5. The first-order valence-electron chi connectivity index (χ1n) is 6.43. The van der Waals surface area contributed by atoms with E-state index < -0.39 is 0 Å². The molecule has 104 valence electrons. The molecule has 0 bridgehead atoms. The molecule has 5 nitrogen and oxygen atoms in total. The molecule has 0 saturated carbocycles. The molecule has 3 N–H and O–H groups in total. The van der Waals surface area contributed by atoms with Crippen LogP contribution in [0, 0.1) is 12.3 Å². The number of nitrogens with one attached hydrogen (secondary N) is 1. The van der Waals surface area contributed by atoms with Crippen molar-refractivity contribution < 1.29 is 4.74 Å². The van der Waals surface area contributed by atoms with E-state index in [0.29, 0.717) is 17.4 Å². The van der Waals surface area contributed by atoms with E-state index >= 15 is 0 Å². The molecule has 0 radical (unpaired) electrons. The van der Waals surface area contributed by atoms with Crippen molar-refractivity contribution in [1.82, 2.24) is 9.97 Å². The van der Waals surface area contributed by atoms with Crippen LogP contribution < -0.4 is 10.5 Å². The van der Waals surface area contributed by atoms with Crippen molar-refractivity contribution in [2.45, 2.75) is 26.7 Å². The van der Waals surface area contributed by atoms with Gasteiger partial charge >= 0.3 is 6.01 Å². The van der Waals surface area contributed by atoms with Gasteiger partial charge in [-0.1, -0.05) is 19.9 Å². The first kappa shape index (κ1) is 14.0. The topological polar surface area (TPSA) is 84.9 Å². The van der Waals surface area contributed by atoms with E-state index in [2.05, 4.69) is 30.7 Å². The number of nitrogens with zero attached hydrogens (tertiary/aromatic N) is 2. The normalized spacial score (nSPS) is 10.6. The molecule has 2 rings (SSSR count). The molecule has 0 saturated heterocycles. The molecule has 1 aromatic heterocycles. The van der Waals surface area contributed by atoms with Gasteiger partial charge in [0.1, 0.15) is 17.3 Å². The molecule has 20 heavy (non-hydrogen) atoms. The minimum Gasteiger partial charge on any atom is -0.424 e. The number of nitrogen functional groups attached to an aromatic ring is 1. The number of nitrogens with two attached hydrogens (primary N) is 1. The summed E-state index contributed by atoms with van der Waals surface area (Å²) < 4.78 is 5.61. The summed E-state index contributed by atoms with van der Waals surface area (Å²) in [6, 6.07) is 7.66. The number of benzene rings is 1. The number of rotatable bonds is 4. The van der Waals surface area contributed by atoms with Gasteiger partial charge in [0.15, 0.2) is 0 Å². The van der Waals surface area contributed by atoms with Gasteiger partial charge in [-0.2, -0.15) is 4.98 Å². The van der Waals surface area contributed by atoms with Crippen LogP contribution in [0.25, 0.3) is 0 Å². The van der Waals surface area contributed by atoms with Crippen molar-refractivity contribution in [2.75, 3.05) is 0 Å². The number of ether oxygens (including phenoxy) is 1. The molecule has 0 aliphatic carbocycles. The molecule has 0 amide bonds. The predicted molar refractivity (Wildman–Crippen MR) is 78.4 cm³/mol. The van der Waals surface area contributed by atoms with Gasteiger partial charge in [0.2, 0.25) is 0 Å². The van der Waals surface area contributed by atoms with Crippen molar-refractivity contribution in [2.24, 2.45) is 5.73 Å². The van der Waals surface area contributed by atoms with E-state index in [1.165, 1.54) is 17.3 Å². The maximum Gasteiger partial charge on any atom is 0.322 e. The Balaban J connectivity index is 2.24. The van der Waals surface area contributed by atoms with Gasteiger partial charge < -0.3 is 10.5 Å². The number of hydrogen-bond donors (Lipinski definition) is 2. The summed E-state index contributed by atoms with van der Waals surface area (Å²) in [5.41, 5.74) is 8.20. The highest BCUT2D eigenvalue weighted by Crippen LogP contribution is 2.25. The molecular formula is C15H18N4O. The molecule has 0 spiro atoms. The molecule has 2 aromatic rings. The minimum atomic E-state index is -0.108. The number of amidine groups is 1. The van der Waals surface area contributed by atoms with E-state index in [1.807, 2.05) is 18.2 Å². The maximum absolute atomic E-state index is 7.35. The van der Waals surface area contributed by atoms with E-state index in [1.54, 1.807) is 6.07 Å². The zero-order valence-electron chi connectivity index (χ0n) is 11.8. The zero-order valence-corrected chi connectivity index (χ0v) is 11.8. The Kier molecular flexibility index (Phi) is 3.98. The van der Waals surface area contributed by atoms with Crippen LogP contribution in [0.2, 0.25) is 0 Å². The van der Waals surface area contributed by atoms with Gasteiger partial charge in [-0.3, -0.25) is 5.41 Å². The molecular weight excluding hydrogens is 252 g/mol. The third kappa shape index (κ3) is 3.12. The van der Waals surface area contributed by atoms with Crippen LogP contribution in [0.4, 0.5) is 0 Å². The number of aromatic nitrogens is 2. The molecule has 1 aromatic carbocycles. The minimum absolute atomic E-state index is 0.108. The summed E-state index contributed by atoms with van der Waals surface area (Å²) in [6.45, 7) is 6.36. The smallest absolute Gasteiger partial charge is 0.322 e. The molecule has 5 heteroatoms. The summed E-state index contributed by atoms with van der Waals surface area (Å²) in [7, 11) is 0. The Hall–Kier alpha value is -2.43. The lowest BCUT2D eigenvalue weighted by atomic mass is 9.98. The molecule has 0 aliphatic rings. The highest BCUT2D eigenvalue weighted by Gasteiger charge is 2.07. The van der Waals surface area contributed by atoms with Crippen molar-refractivity contribution in [3.8, 4) is 11.8 Å². The standard InChI is InChI=1S/C15H18N4O/c1-9(2)12-5-4-11(8-10(12)3)20-15-18-7-6-13(19-15)14(16)17/h4-9H,1-3H3,(H3,16,17). The number of hydrogen-bond acceptors (Lipinski definition) is 4. The van der Waals surface area contributed by atoms with E-state index in [-0.39, 0.29) is 11.8 Å². The fourth-order valence-corrected chi connectivity index (χ4v) is 2.00. The number of aryl methyl sites for hydroxylation is 1. The van der Waals surface area contributed by atoms with Crippen LogP contribution in [-0.4, -0.2) is 15.8 Å². The second-order valence-corrected chi connectivity index (χ2v) is 4.91. The molecule has 1 heterocycles. The van der Waals surface area contributed by atoms with Crippen molar-refractivity contribution in [3.63, 3.8) is 0 Å². The Morgan fingerprint density at radius 1 is 1.30 bits per heavy atom. The van der Waals surface area contributed by atoms with Gasteiger partial charge in [-0.05, 0) is 42.2 Å². The average molecular weight is 270 g/mol. The lowest BCUT2D eigenvalue weighted by Crippen LogP contribution is -2.13. The van der Waals surface area contributed by atoms with Crippen LogP contribution >= 0.6 is 0 Å². The van der Waals surface area contributed by atoms with Gasteiger partial charge in [0.25, 0.3) is 0 Å². The first-order valence-corrected chi connectivity index (χ1v) is 6.43. The molecule has 0 aliphatic heterocycles. The summed E-state index contributed by atoms with van der Waals surface area (Å²) in [4.78, 5) is 8.09. The fraction of sp³-hybridized carbons (Fsp3) is 0.267. The Bertz CT molecular complexity index is 638. The predicted octanol–water partition coefficient (Wildman–Crippen LogP) is 2.98. The Morgan fingerprint density at radius 3 is 2.65 bits per heavy atom. The summed E-state index contributed by atoms with van der Waals surface area (Å²) >= 11 is 0. The van der Waals surface area contributed by atoms with Gasteiger partial charge in [-0.25, -0.2) is 4.98 Å². The molecule has 0 unspecified atom stereocenters.